The third-order valence-corrected chi connectivity index (χ3v) is 3.77. The highest BCUT2D eigenvalue weighted by Crippen LogP contribution is 2.23. The van der Waals surface area contributed by atoms with Crippen molar-refractivity contribution in [2.24, 2.45) is 0 Å². The van der Waals surface area contributed by atoms with E-state index in [1.54, 1.807) is 0 Å². The van der Waals surface area contributed by atoms with E-state index in [0.717, 1.165) is 31.9 Å². The third kappa shape index (κ3) is 3.48. The molecule has 0 saturated carbocycles. The minimum atomic E-state index is 0. The van der Waals surface area contributed by atoms with E-state index < -0.39 is 0 Å². The Kier molecular flexibility index (Phi) is 5.21. The first-order valence-electron chi connectivity index (χ1n) is 6.04. The lowest BCUT2D eigenvalue weighted by molar-refractivity contribution is 0.152. The molecular weight excluding hydrogens is 282 g/mol. The van der Waals surface area contributed by atoms with E-state index in [9.17, 15) is 0 Å². The quantitative estimate of drug-likeness (QED) is 0.930. The van der Waals surface area contributed by atoms with Crippen LogP contribution in [0.4, 0.5) is 0 Å². The molecule has 1 unspecified atom stereocenters. The number of aromatic nitrogens is 3. The molecule has 0 amide bonds. The fraction of sp³-hybridized carbons (Fsp3) is 0.417. The molecule has 0 aliphatic carbocycles. The van der Waals surface area contributed by atoms with Crippen LogP contribution in [0.25, 0.3) is 0 Å². The molecule has 5 nitrogen and oxygen atoms in total. The van der Waals surface area contributed by atoms with Gasteiger partial charge in [-0.3, -0.25) is 9.88 Å². The smallest absolute Gasteiger partial charge is 0.0895 e. The zero-order chi connectivity index (χ0) is 12.2. The van der Waals surface area contributed by atoms with Crippen LogP contribution in [0, 0.1) is 0 Å². The Hall–Kier alpha value is -1.08. The second-order valence-corrected chi connectivity index (χ2v) is 4.98. The van der Waals surface area contributed by atoms with Gasteiger partial charge in [0.2, 0.25) is 0 Å². The summed E-state index contributed by atoms with van der Waals surface area (Å²) >= 11 is 1.41. The summed E-state index contributed by atoms with van der Waals surface area (Å²) in [7, 11) is 0. The van der Waals surface area contributed by atoms with Crippen molar-refractivity contribution in [2.75, 3.05) is 19.6 Å². The first-order chi connectivity index (χ1) is 8.93. The van der Waals surface area contributed by atoms with Crippen LogP contribution in [0.5, 0.6) is 0 Å². The van der Waals surface area contributed by atoms with E-state index in [-0.39, 0.29) is 12.4 Å². The van der Waals surface area contributed by atoms with Gasteiger partial charge >= 0.3 is 0 Å². The number of nitrogens with one attached hydrogen (secondary N) is 1. The molecule has 0 spiro atoms. The van der Waals surface area contributed by atoms with Crippen molar-refractivity contribution in [3.63, 3.8) is 0 Å². The van der Waals surface area contributed by atoms with E-state index in [0.29, 0.717) is 6.04 Å². The lowest BCUT2D eigenvalue weighted by Gasteiger charge is -2.35. The Balaban J connectivity index is 0.00000133. The van der Waals surface area contributed by atoms with E-state index in [2.05, 4.69) is 36.9 Å². The lowest BCUT2D eigenvalue weighted by atomic mass is 10.0. The standard InChI is InChI=1S/C12H15N5S.ClH/c1-3-13-4-2-10(1)12-7-14-5-6-17(12)8-11-9-18-16-15-11;/h1-4,9,12,14H,5-8H2;1H. The molecule has 0 bridgehead atoms. The van der Waals surface area contributed by atoms with Crippen LogP contribution in [-0.2, 0) is 6.54 Å². The molecule has 1 saturated heterocycles. The molecule has 1 aliphatic rings. The van der Waals surface area contributed by atoms with Crippen LogP contribution in [0.1, 0.15) is 17.3 Å². The maximum atomic E-state index is 4.13. The Labute approximate surface area is 122 Å². The first-order valence-corrected chi connectivity index (χ1v) is 6.88. The van der Waals surface area contributed by atoms with Crippen molar-refractivity contribution < 1.29 is 0 Å². The van der Waals surface area contributed by atoms with E-state index in [1.807, 2.05) is 17.8 Å². The molecule has 0 radical (unpaired) electrons. The number of halogens is 1. The molecule has 2 aromatic rings. The van der Waals surface area contributed by atoms with Crippen molar-refractivity contribution in [3.8, 4) is 0 Å². The maximum Gasteiger partial charge on any atom is 0.0895 e. The summed E-state index contributed by atoms with van der Waals surface area (Å²) in [6.45, 7) is 3.90. The van der Waals surface area contributed by atoms with Crippen LogP contribution >= 0.6 is 23.9 Å². The van der Waals surface area contributed by atoms with Crippen LogP contribution in [0.15, 0.2) is 29.9 Å². The zero-order valence-electron chi connectivity index (χ0n) is 10.4. The molecule has 1 aliphatic heterocycles. The van der Waals surface area contributed by atoms with Gasteiger partial charge in [0.05, 0.1) is 5.69 Å². The van der Waals surface area contributed by atoms with E-state index in [4.69, 9.17) is 0 Å². The summed E-state index contributed by atoms with van der Waals surface area (Å²) in [5.41, 5.74) is 2.36. The van der Waals surface area contributed by atoms with Gasteiger partial charge in [-0.05, 0) is 29.2 Å². The van der Waals surface area contributed by atoms with Crippen molar-refractivity contribution in [1.29, 1.82) is 0 Å². The lowest BCUT2D eigenvalue weighted by Crippen LogP contribution is -2.45. The second kappa shape index (κ2) is 6.91. The molecule has 1 atom stereocenters. The molecule has 1 N–H and O–H groups in total. The van der Waals surface area contributed by atoms with Crippen molar-refractivity contribution in [3.05, 3.63) is 41.2 Å². The molecule has 2 aromatic heterocycles. The number of hydrogen-bond acceptors (Lipinski definition) is 6. The number of pyridine rings is 1. The van der Waals surface area contributed by atoms with Gasteiger partial charge in [0, 0.05) is 50.0 Å². The Morgan fingerprint density at radius 3 is 2.95 bits per heavy atom. The number of hydrogen-bond donors (Lipinski definition) is 1. The SMILES string of the molecule is Cl.c1cc(C2CNCCN2Cc2csnn2)ccn1. The van der Waals surface area contributed by atoms with Gasteiger partial charge in [0.25, 0.3) is 0 Å². The predicted molar refractivity (Wildman–Crippen MR) is 77.4 cm³/mol. The highest BCUT2D eigenvalue weighted by molar-refractivity contribution is 7.03. The summed E-state index contributed by atoms with van der Waals surface area (Å²) in [5.74, 6) is 0. The molecule has 19 heavy (non-hydrogen) atoms. The summed E-state index contributed by atoms with van der Waals surface area (Å²) in [4.78, 5) is 6.53. The van der Waals surface area contributed by atoms with Gasteiger partial charge in [-0.25, -0.2) is 0 Å². The van der Waals surface area contributed by atoms with Gasteiger partial charge in [0.15, 0.2) is 0 Å². The largest absolute Gasteiger partial charge is 0.314 e. The van der Waals surface area contributed by atoms with Crippen molar-refractivity contribution >= 4 is 23.9 Å². The van der Waals surface area contributed by atoms with Crippen LogP contribution in [-0.4, -0.2) is 39.1 Å². The highest BCUT2D eigenvalue weighted by Gasteiger charge is 2.24. The van der Waals surface area contributed by atoms with E-state index >= 15 is 0 Å². The van der Waals surface area contributed by atoms with Gasteiger partial charge in [-0.1, -0.05) is 4.49 Å². The summed E-state index contributed by atoms with van der Waals surface area (Å²) < 4.78 is 3.92. The monoisotopic (exact) mass is 297 g/mol. The molecule has 102 valence electrons. The number of nitrogens with zero attached hydrogens (tertiary/aromatic N) is 4. The Morgan fingerprint density at radius 1 is 1.37 bits per heavy atom. The average Bonchev–Trinajstić information content (AvgIpc) is 2.93. The fourth-order valence-electron chi connectivity index (χ4n) is 2.31. The maximum absolute atomic E-state index is 4.13. The summed E-state index contributed by atoms with van der Waals surface area (Å²) in [6, 6.07) is 4.57. The summed E-state index contributed by atoms with van der Waals surface area (Å²) in [6.07, 6.45) is 3.71. The normalized spacial score (nSPS) is 19.9. The van der Waals surface area contributed by atoms with Gasteiger partial charge in [-0.2, -0.15) is 0 Å². The number of rotatable bonds is 3. The van der Waals surface area contributed by atoms with Crippen LogP contribution in [0.3, 0.4) is 0 Å². The van der Waals surface area contributed by atoms with Crippen LogP contribution in [0.2, 0.25) is 0 Å². The predicted octanol–water partition coefficient (Wildman–Crippen LogP) is 1.50. The van der Waals surface area contributed by atoms with Gasteiger partial charge in [0.1, 0.15) is 0 Å². The first kappa shape index (κ1) is 14.3. The fourth-order valence-corrected chi connectivity index (χ4v) is 2.75. The zero-order valence-corrected chi connectivity index (χ0v) is 12.0. The average molecular weight is 298 g/mol. The molecule has 3 rings (SSSR count). The minimum Gasteiger partial charge on any atom is -0.314 e. The molecule has 3 heterocycles. The molecule has 7 heteroatoms. The van der Waals surface area contributed by atoms with Gasteiger partial charge < -0.3 is 5.32 Å². The summed E-state index contributed by atoms with van der Waals surface area (Å²) in [5, 5.41) is 9.60. The van der Waals surface area contributed by atoms with E-state index in [1.165, 1.54) is 17.1 Å². The Morgan fingerprint density at radius 2 is 2.21 bits per heavy atom. The molecule has 0 aromatic carbocycles. The Bertz CT molecular complexity index is 478. The molecular formula is C12H16ClN5S. The highest BCUT2D eigenvalue weighted by atomic mass is 35.5. The van der Waals surface area contributed by atoms with Crippen LogP contribution < -0.4 is 5.32 Å². The third-order valence-electron chi connectivity index (χ3n) is 3.22. The second-order valence-electron chi connectivity index (χ2n) is 4.37. The molecule has 1 fully saturated rings. The topological polar surface area (TPSA) is 53.9 Å². The van der Waals surface area contributed by atoms with Gasteiger partial charge in [-0.15, -0.1) is 17.5 Å². The van der Waals surface area contributed by atoms with Crippen molar-refractivity contribution in [1.82, 2.24) is 24.8 Å². The van der Waals surface area contributed by atoms with Crippen molar-refractivity contribution in [2.45, 2.75) is 12.6 Å². The minimum absolute atomic E-state index is 0. The number of piperazine rings is 1.